The number of amides is 1. The lowest BCUT2D eigenvalue weighted by atomic mass is 10.0. The molecule has 5 aromatic rings. The van der Waals surface area contributed by atoms with Gasteiger partial charge >= 0.3 is 0 Å². The minimum Gasteiger partial charge on any atom is -0.464 e. The fourth-order valence-corrected chi connectivity index (χ4v) is 4.20. The van der Waals surface area contributed by atoms with Gasteiger partial charge in [-0.15, -0.1) is 0 Å². The number of carbonyl (C=O) groups is 1. The Balaban J connectivity index is 1.80. The van der Waals surface area contributed by atoms with E-state index in [1.54, 1.807) is 12.3 Å². The van der Waals surface area contributed by atoms with Crippen LogP contribution in [0.25, 0.3) is 33.1 Å². The quantitative estimate of drug-likeness (QED) is 0.418. The number of hydrogen-bond donors (Lipinski definition) is 1. The Morgan fingerprint density at radius 2 is 1.80 bits per heavy atom. The molecular weight excluding hydrogens is 372 g/mol. The Bertz CT molecular complexity index is 1410. The molecule has 0 saturated heterocycles. The third-order valence-corrected chi connectivity index (χ3v) is 5.87. The van der Waals surface area contributed by atoms with Gasteiger partial charge < -0.3 is 14.7 Å². The second-order valence-corrected chi connectivity index (χ2v) is 7.78. The summed E-state index contributed by atoms with van der Waals surface area (Å²) in [5.41, 5.74) is 13.1. The summed E-state index contributed by atoms with van der Waals surface area (Å²) in [6.07, 6.45) is 1.68. The summed E-state index contributed by atoms with van der Waals surface area (Å²) in [6.45, 7) is 4.95. The van der Waals surface area contributed by atoms with Gasteiger partial charge in [0.2, 0.25) is 5.91 Å². The Morgan fingerprint density at radius 3 is 2.53 bits per heavy atom. The molecule has 1 amide bonds. The van der Waals surface area contributed by atoms with Gasteiger partial charge in [-0.2, -0.15) is 0 Å². The van der Waals surface area contributed by atoms with Gasteiger partial charge in [0.05, 0.1) is 17.3 Å². The number of fused-ring (bicyclic) bond motifs is 3. The molecule has 0 fully saturated rings. The van der Waals surface area contributed by atoms with Crippen molar-refractivity contribution in [3.8, 4) is 11.3 Å². The summed E-state index contributed by atoms with van der Waals surface area (Å²) in [5, 5.41) is 1.91. The van der Waals surface area contributed by atoms with Crippen molar-refractivity contribution in [3.63, 3.8) is 0 Å². The predicted molar refractivity (Wildman–Crippen MR) is 121 cm³/mol. The molecule has 0 radical (unpaired) electrons. The highest BCUT2D eigenvalue weighted by atomic mass is 16.3. The second kappa shape index (κ2) is 6.92. The third kappa shape index (κ3) is 2.89. The number of aromatic nitrogens is 1. The lowest BCUT2D eigenvalue weighted by Crippen LogP contribution is -2.11. The number of primary amides is 1. The van der Waals surface area contributed by atoms with Gasteiger partial charge in [-0.25, -0.2) is 0 Å². The minimum atomic E-state index is -0.416. The van der Waals surface area contributed by atoms with Crippen LogP contribution in [0, 0.1) is 13.8 Å². The van der Waals surface area contributed by atoms with Crippen LogP contribution in [0.2, 0.25) is 0 Å². The molecule has 0 unspecified atom stereocenters. The standard InChI is InChI=1S/C26H22N2O2/c1-16-8-9-18(13-17(16)2)15-28-22-6-3-5-21(26(27)29)25(22)20-11-10-19(14-23(20)28)24-7-4-12-30-24/h3-14H,15H2,1-2H3,(H2,27,29). The first kappa shape index (κ1) is 18.3. The van der Waals surface area contributed by atoms with E-state index in [2.05, 4.69) is 54.8 Å². The smallest absolute Gasteiger partial charge is 0.249 e. The van der Waals surface area contributed by atoms with Crippen LogP contribution >= 0.6 is 0 Å². The second-order valence-electron chi connectivity index (χ2n) is 7.78. The summed E-state index contributed by atoms with van der Waals surface area (Å²) in [4.78, 5) is 12.2. The van der Waals surface area contributed by atoms with Gasteiger partial charge in [0.25, 0.3) is 0 Å². The van der Waals surface area contributed by atoms with E-state index in [0.717, 1.165) is 33.1 Å². The maximum absolute atomic E-state index is 12.2. The predicted octanol–water partition coefficient (Wildman–Crippen LogP) is 5.82. The molecule has 0 atom stereocenters. The maximum atomic E-state index is 12.2. The van der Waals surface area contributed by atoms with Crippen molar-refractivity contribution in [1.82, 2.24) is 4.57 Å². The summed E-state index contributed by atoms with van der Waals surface area (Å²) < 4.78 is 7.87. The number of furan rings is 1. The van der Waals surface area contributed by atoms with Crippen LogP contribution in [0.15, 0.2) is 77.4 Å². The van der Waals surface area contributed by atoms with Crippen LogP contribution in [0.1, 0.15) is 27.0 Å². The van der Waals surface area contributed by atoms with E-state index in [4.69, 9.17) is 10.2 Å². The van der Waals surface area contributed by atoms with Crippen molar-refractivity contribution in [2.75, 3.05) is 0 Å². The summed E-state index contributed by atoms with van der Waals surface area (Å²) in [6, 6.07) is 22.3. The highest BCUT2D eigenvalue weighted by Crippen LogP contribution is 2.35. The highest BCUT2D eigenvalue weighted by molar-refractivity contribution is 6.18. The number of benzene rings is 3. The van der Waals surface area contributed by atoms with Crippen LogP contribution in [-0.4, -0.2) is 10.5 Å². The van der Waals surface area contributed by atoms with Crippen molar-refractivity contribution in [2.24, 2.45) is 5.73 Å². The molecular formula is C26H22N2O2. The van der Waals surface area contributed by atoms with Crippen molar-refractivity contribution < 1.29 is 9.21 Å². The molecule has 30 heavy (non-hydrogen) atoms. The molecule has 2 N–H and O–H groups in total. The fraction of sp³-hybridized carbons (Fsp3) is 0.115. The van der Waals surface area contributed by atoms with Gasteiger partial charge in [-0.3, -0.25) is 4.79 Å². The van der Waals surface area contributed by atoms with Crippen LogP contribution in [0.4, 0.5) is 0 Å². The van der Waals surface area contributed by atoms with Crippen molar-refractivity contribution >= 4 is 27.7 Å². The number of rotatable bonds is 4. The topological polar surface area (TPSA) is 61.2 Å². The Morgan fingerprint density at radius 1 is 0.933 bits per heavy atom. The van der Waals surface area contributed by atoms with E-state index in [-0.39, 0.29) is 0 Å². The molecule has 0 spiro atoms. The molecule has 4 heteroatoms. The first-order valence-electron chi connectivity index (χ1n) is 9.98. The first-order valence-corrected chi connectivity index (χ1v) is 9.98. The van der Waals surface area contributed by atoms with E-state index in [9.17, 15) is 4.79 Å². The molecule has 4 nitrogen and oxygen atoms in total. The molecule has 0 aliphatic rings. The average Bonchev–Trinajstić information content (AvgIpc) is 3.38. The first-order chi connectivity index (χ1) is 14.5. The third-order valence-electron chi connectivity index (χ3n) is 5.87. The summed E-state index contributed by atoms with van der Waals surface area (Å²) >= 11 is 0. The van der Waals surface area contributed by atoms with Gasteiger partial charge in [0, 0.05) is 28.4 Å². The monoisotopic (exact) mass is 394 g/mol. The Kier molecular flexibility index (Phi) is 4.21. The zero-order chi connectivity index (χ0) is 20.8. The largest absolute Gasteiger partial charge is 0.464 e. The average molecular weight is 394 g/mol. The number of nitrogens with two attached hydrogens (primary N) is 1. The van der Waals surface area contributed by atoms with E-state index in [1.165, 1.54) is 16.7 Å². The molecule has 148 valence electrons. The Labute approximate surface area is 174 Å². The molecule has 2 heterocycles. The van der Waals surface area contributed by atoms with E-state index in [1.807, 2.05) is 24.3 Å². The molecule has 0 bridgehead atoms. The van der Waals surface area contributed by atoms with Gasteiger partial charge in [-0.1, -0.05) is 36.4 Å². The molecule has 3 aromatic carbocycles. The zero-order valence-corrected chi connectivity index (χ0v) is 17.0. The van der Waals surface area contributed by atoms with Crippen LogP contribution in [-0.2, 0) is 6.54 Å². The van der Waals surface area contributed by atoms with Crippen molar-refractivity contribution in [2.45, 2.75) is 20.4 Å². The lowest BCUT2D eigenvalue weighted by Gasteiger charge is -2.10. The normalized spacial score (nSPS) is 11.4. The van der Waals surface area contributed by atoms with Crippen LogP contribution < -0.4 is 5.73 Å². The minimum absolute atomic E-state index is 0.416. The zero-order valence-electron chi connectivity index (χ0n) is 17.0. The molecule has 0 aliphatic heterocycles. The van der Waals surface area contributed by atoms with Gasteiger partial charge in [-0.05, 0) is 60.9 Å². The Hall–Kier alpha value is -3.79. The summed E-state index contributed by atoms with van der Waals surface area (Å²) in [5.74, 6) is 0.399. The molecule has 0 aliphatic carbocycles. The number of carbonyl (C=O) groups excluding carboxylic acids is 1. The van der Waals surface area contributed by atoms with E-state index in [0.29, 0.717) is 12.1 Å². The molecule has 2 aromatic heterocycles. The van der Waals surface area contributed by atoms with Crippen LogP contribution in [0.5, 0.6) is 0 Å². The van der Waals surface area contributed by atoms with E-state index < -0.39 is 5.91 Å². The van der Waals surface area contributed by atoms with Crippen molar-refractivity contribution in [1.29, 1.82) is 0 Å². The number of nitrogens with zero attached hydrogens (tertiary/aromatic N) is 1. The number of hydrogen-bond acceptors (Lipinski definition) is 2. The van der Waals surface area contributed by atoms with Gasteiger partial charge in [0.15, 0.2) is 0 Å². The maximum Gasteiger partial charge on any atom is 0.249 e. The van der Waals surface area contributed by atoms with Crippen molar-refractivity contribution in [3.05, 3.63) is 95.2 Å². The summed E-state index contributed by atoms with van der Waals surface area (Å²) in [7, 11) is 0. The van der Waals surface area contributed by atoms with Crippen LogP contribution in [0.3, 0.4) is 0 Å². The van der Waals surface area contributed by atoms with E-state index >= 15 is 0 Å². The lowest BCUT2D eigenvalue weighted by molar-refractivity contribution is 0.100. The van der Waals surface area contributed by atoms with Gasteiger partial charge in [0.1, 0.15) is 5.76 Å². The highest BCUT2D eigenvalue weighted by Gasteiger charge is 2.17. The molecule has 0 saturated carbocycles. The molecule has 5 rings (SSSR count). The number of aryl methyl sites for hydroxylation is 2. The SMILES string of the molecule is Cc1ccc(Cn2c3cc(-c4ccco4)ccc3c3c(C(N)=O)cccc32)cc1C. The fourth-order valence-electron chi connectivity index (χ4n) is 4.20.